The molecule has 124 valence electrons. The highest BCUT2D eigenvalue weighted by molar-refractivity contribution is 7.15. The Morgan fingerprint density at radius 2 is 2.17 bits per heavy atom. The third-order valence-electron chi connectivity index (χ3n) is 2.69. The number of anilines is 1. The molecule has 0 saturated carbocycles. The van der Waals surface area contributed by atoms with Crippen molar-refractivity contribution in [3.05, 3.63) is 33.3 Å². The number of nitrogens with one attached hydrogen (secondary N) is 1. The van der Waals surface area contributed by atoms with E-state index in [2.05, 4.69) is 15.5 Å². The fraction of sp³-hybridized carbons (Fsp3) is 0.357. The molecular weight excluding hydrogens is 361 g/mol. The standard InChI is InChI=1S/C14H15Cl2N3O3S/c1-3-21-7-12-18-19-14(23-12)17-13(20)8(2)22-11-5-4-9(15)6-10(11)16/h4-6,8H,3,7H2,1-2H3,(H,17,19,20). The van der Waals surface area contributed by atoms with Gasteiger partial charge in [0.25, 0.3) is 5.91 Å². The zero-order chi connectivity index (χ0) is 16.8. The number of carbonyl (C=O) groups is 1. The van der Waals surface area contributed by atoms with Gasteiger partial charge in [-0.15, -0.1) is 10.2 Å². The molecule has 0 aliphatic heterocycles. The minimum atomic E-state index is -0.757. The van der Waals surface area contributed by atoms with Crippen molar-refractivity contribution >= 4 is 45.6 Å². The summed E-state index contributed by atoms with van der Waals surface area (Å²) in [6.45, 7) is 4.47. The first-order chi connectivity index (χ1) is 11.0. The van der Waals surface area contributed by atoms with Crippen molar-refractivity contribution in [2.24, 2.45) is 0 Å². The van der Waals surface area contributed by atoms with Gasteiger partial charge in [-0.2, -0.15) is 0 Å². The van der Waals surface area contributed by atoms with Crippen LogP contribution in [0.4, 0.5) is 5.13 Å². The maximum atomic E-state index is 12.1. The number of halogens is 2. The number of ether oxygens (including phenoxy) is 2. The third kappa shape index (κ3) is 5.31. The maximum absolute atomic E-state index is 12.1. The van der Waals surface area contributed by atoms with Crippen molar-refractivity contribution < 1.29 is 14.3 Å². The van der Waals surface area contributed by atoms with Gasteiger partial charge in [-0.1, -0.05) is 34.5 Å². The predicted octanol–water partition coefficient (Wildman–Crippen LogP) is 3.79. The van der Waals surface area contributed by atoms with Crippen LogP contribution in [0.25, 0.3) is 0 Å². The first-order valence-electron chi connectivity index (χ1n) is 6.82. The van der Waals surface area contributed by atoms with Gasteiger partial charge in [0, 0.05) is 11.6 Å². The summed E-state index contributed by atoms with van der Waals surface area (Å²) in [5, 5.41) is 12.4. The zero-order valence-electron chi connectivity index (χ0n) is 12.5. The van der Waals surface area contributed by atoms with Gasteiger partial charge in [0.2, 0.25) is 5.13 Å². The Morgan fingerprint density at radius 1 is 1.39 bits per heavy atom. The van der Waals surface area contributed by atoms with Crippen molar-refractivity contribution in [3.63, 3.8) is 0 Å². The van der Waals surface area contributed by atoms with Gasteiger partial charge in [-0.3, -0.25) is 10.1 Å². The van der Waals surface area contributed by atoms with Crippen molar-refractivity contribution in [1.29, 1.82) is 0 Å². The van der Waals surface area contributed by atoms with Crippen LogP contribution in [0.2, 0.25) is 10.0 Å². The van der Waals surface area contributed by atoms with Crippen LogP contribution in [-0.2, 0) is 16.1 Å². The van der Waals surface area contributed by atoms with Crippen LogP contribution >= 0.6 is 34.5 Å². The molecule has 1 aromatic carbocycles. The molecule has 6 nitrogen and oxygen atoms in total. The van der Waals surface area contributed by atoms with Gasteiger partial charge in [-0.05, 0) is 32.0 Å². The molecule has 0 aliphatic rings. The highest BCUT2D eigenvalue weighted by atomic mass is 35.5. The number of benzene rings is 1. The topological polar surface area (TPSA) is 73.3 Å². The molecule has 2 aromatic rings. The quantitative estimate of drug-likeness (QED) is 0.796. The van der Waals surface area contributed by atoms with E-state index in [4.69, 9.17) is 32.7 Å². The van der Waals surface area contributed by atoms with E-state index in [1.165, 1.54) is 11.3 Å². The van der Waals surface area contributed by atoms with E-state index in [-0.39, 0.29) is 5.91 Å². The van der Waals surface area contributed by atoms with Crippen LogP contribution in [0, 0.1) is 0 Å². The molecule has 1 amide bonds. The molecule has 1 heterocycles. The van der Waals surface area contributed by atoms with Crippen molar-refractivity contribution in [2.75, 3.05) is 11.9 Å². The normalized spacial score (nSPS) is 12.0. The lowest BCUT2D eigenvalue weighted by atomic mass is 10.3. The Hall–Kier alpha value is -1.41. The fourth-order valence-electron chi connectivity index (χ4n) is 1.57. The van der Waals surface area contributed by atoms with Gasteiger partial charge < -0.3 is 9.47 Å². The molecule has 0 fully saturated rings. The predicted molar refractivity (Wildman–Crippen MR) is 90.4 cm³/mol. The summed E-state index contributed by atoms with van der Waals surface area (Å²) in [4.78, 5) is 12.1. The fourth-order valence-corrected chi connectivity index (χ4v) is 2.71. The van der Waals surface area contributed by atoms with Crippen LogP contribution < -0.4 is 10.1 Å². The minimum Gasteiger partial charge on any atom is -0.479 e. The van der Waals surface area contributed by atoms with Gasteiger partial charge in [0.05, 0.1) is 5.02 Å². The number of nitrogens with zero attached hydrogens (tertiary/aromatic N) is 2. The Balaban J connectivity index is 1.93. The monoisotopic (exact) mass is 375 g/mol. The molecule has 1 aromatic heterocycles. The molecule has 1 N–H and O–H groups in total. The second-order valence-corrected chi connectivity index (χ2v) is 6.37. The number of rotatable bonds is 7. The van der Waals surface area contributed by atoms with Crippen LogP contribution in [0.15, 0.2) is 18.2 Å². The second-order valence-electron chi connectivity index (χ2n) is 4.46. The number of hydrogen-bond donors (Lipinski definition) is 1. The third-order valence-corrected chi connectivity index (χ3v) is 4.04. The number of hydrogen-bond acceptors (Lipinski definition) is 6. The lowest BCUT2D eigenvalue weighted by molar-refractivity contribution is -0.122. The van der Waals surface area contributed by atoms with Crippen LogP contribution in [0.3, 0.4) is 0 Å². The smallest absolute Gasteiger partial charge is 0.266 e. The molecule has 0 saturated heterocycles. The summed E-state index contributed by atoms with van der Waals surface area (Å²) in [5.74, 6) is 0.0307. The molecule has 0 aliphatic carbocycles. The first-order valence-corrected chi connectivity index (χ1v) is 8.39. The lowest BCUT2D eigenvalue weighted by Crippen LogP contribution is -2.30. The number of carbonyl (C=O) groups excluding carboxylic acids is 1. The molecule has 2 rings (SSSR count). The second kappa shape index (κ2) is 8.44. The van der Waals surface area contributed by atoms with Gasteiger partial charge in [0.1, 0.15) is 17.4 Å². The summed E-state index contributed by atoms with van der Waals surface area (Å²) in [7, 11) is 0. The van der Waals surface area contributed by atoms with E-state index >= 15 is 0 Å². The Labute approximate surface area is 147 Å². The van der Waals surface area contributed by atoms with Crippen molar-refractivity contribution in [1.82, 2.24) is 10.2 Å². The summed E-state index contributed by atoms with van der Waals surface area (Å²) >= 11 is 13.1. The molecule has 23 heavy (non-hydrogen) atoms. The Morgan fingerprint density at radius 3 is 2.87 bits per heavy atom. The molecule has 1 unspecified atom stereocenters. The van der Waals surface area contributed by atoms with Gasteiger partial charge in [0.15, 0.2) is 6.10 Å². The minimum absolute atomic E-state index is 0.340. The SMILES string of the molecule is CCOCc1nnc(NC(=O)C(C)Oc2ccc(Cl)cc2Cl)s1. The van der Waals surface area contributed by atoms with E-state index in [1.807, 2.05) is 6.92 Å². The Kier molecular flexibility index (Phi) is 6.59. The van der Waals surface area contributed by atoms with E-state index in [1.54, 1.807) is 25.1 Å². The number of aromatic nitrogens is 2. The maximum Gasteiger partial charge on any atom is 0.266 e. The lowest BCUT2D eigenvalue weighted by Gasteiger charge is -2.14. The Bertz CT molecular complexity index is 681. The van der Waals surface area contributed by atoms with E-state index in [0.717, 1.165) is 0 Å². The van der Waals surface area contributed by atoms with Crippen LogP contribution in [0.1, 0.15) is 18.9 Å². The summed E-state index contributed by atoms with van der Waals surface area (Å²) in [5.41, 5.74) is 0. The van der Waals surface area contributed by atoms with Crippen molar-refractivity contribution in [3.8, 4) is 5.75 Å². The van der Waals surface area contributed by atoms with Crippen molar-refractivity contribution in [2.45, 2.75) is 26.6 Å². The summed E-state index contributed by atoms with van der Waals surface area (Å²) < 4.78 is 10.8. The zero-order valence-corrected chi connectivity index (χ0v) is 14.8. The molecule has 0 bridgehead atoms. The number of amides is 1. The van der Waals surface area contributed by atoms with Crippen LogP contribution in [0.5, 0.6) is 5.75 Å². The van der Waals surface area contributed by atoms with Gasteiger partial charge >= 0.3 is 0 Å². The summed E-state index contributed by atoms with van der Waals surface area (Å²) in [6, 6.07) is 4.80. The average Bonchev–Trinajstić information content (AvgIpc) is 2.95. The highest BCUT2D eigenvalue weighted by Crippen LogP contribution is 2.28. The van der Waals surface area contributed by atoms with Gasteiger partial charge in [-0.25, -0.2) is 0 Å². The molecular formula is C14H15Cl2N3O3S. The molecule has 0 spiro atoms. The molecule has 9 heteroatoms. The van der Waals surface area contributed by atoms with E-state index in [0.29, 0.717) is 39.1 Å². The summed E-state index contributed by atoms with van der Waals surface area (Å²) in [6.07, 6.45) is -0.757. The molecule has 0 radical (unpaired) electrons. The largest absolute Gasteiger partial charge is 0.479 e. The van der Waals surface area contributed by atoms with E-state index in [9.17, 15) is 4.79 Å². The average molecular weight is 376 g/mol. The molecule has 1 atom stereocenters. The van der Waals surface area contributed by atoms with E-state index < -0.39 is 6.10 Å². The first kappa shape index (κ1) is 17.9. The van der Waals surface area contributed by atoms with Crippen LogP contribution in [-0.4, -0.2) is 28.8 Å². The highest BCUT2D eigenvalue weighted by Gasteiger charge is 2.18.